The van der Waals surface area contributed by atoms with E-state index >= 15 is 0 Å². The second-order valence-electron chi connectivity index (χ2n) is 5.65. The maximum Gasteiger partial charge on any atom is 0.387 e. The molecule has 0 saturated carbocycles. The van der Waals surface area contributed by atoms with Crippen LogP contribution in [0.25, 0.3) is 22.3 Å². The highest BCUT2D eigenvalue weighted by Gasteiger charge is 2.09. The summed E-state index contributed by atoms with van der Waals surface area (Å²) in [5.41, 5.74) is 3.99. The smallest absolute Gasteiger partial charge is 0.387 e. The topological polar surface area (TPSA) is 9.23 Å². The summed E-state index contributed by atoms with van der Waals surface area (Å²) in [6.45, 7) is -0.790. The fourth-order valence-corrected chi connectivity index (χ4v) is 2.68. The zero-order chi connectivity index (χ0) is 17.8. The molecule has 0 spiro atoms. The first-order valence-corrected chi connectivity index (χ1v) is 8.01. The molecule has 4 heteroatoms. The van der Waals surface area contributed by atoms with Crippen LogP contribution in [0, 0.1) is 5.82 Å². The molecule has 0 aliphatic rings. The number of hydrogen-bond donors (Lipinski definition) is 0. The van der Waals surface area contributed by atoms with Gasteiger partial charge in [-0.3, -0.25) is 0 Å². The van der Waals surface area contributed by atoms with Crippen molar-refractivity contribution in [3.05, 3.63) is 78.1 Å². The highest BCUT2D eigenvalue weighted by atomic mass is 19.3. The quantitative estimate of drug-likeness (QED) is 0.527. The zero-order valence-corrected chi connectivity index (χ0v) is 13.7. The monoisotopic (exact) mass is 342 g/mol. The summed E-state index contributed by atoms with van der Waals surface area (Å²) in [7, 11) is 0. The van der Waals surface area contributed by atoms with Gasteiger partial charge in [-0.25, -0.2) is 4.39 Å². The van der Waals surface area contributed by atoms with Crippen LogP contribution in [-0.2, 0) is 6.42 Å². The lowest BCUT2D eigenvalue weighted by Gasteiger charge is -2.09. The molecule has 0 bridgehead atoms. The third-order valence-electron chi connectivity index (χ3n) is 4.06. The van der Waals surface area contributed by atoms with Crippen LogP contribution in [0.1, 0.15) is 12.5 Å². The first kappa shape index (κ1) is 17.1. The number of rotatable bonds is 5. The van der Waals surface area contributed by atoms with Crippen molar-refractivity contribution in [1.29, 1.82) is 0 Å². The Morgan fingerprint density at radius 3 is 1.96 bits per heavy atom. The lowest BCUT2D eigenvalue weighted by Crippen LogP contribution is -2.01. The van der Waals surface area contributed by atoms with E-state index in [-0.39, 0.29) is 11.6 Å². The van der Waals surface area contributed by atoms with Crippen LogP contribution in [0.3, 0.4) is 0 Å². The largest absolute Gasteiger partial charge is 0.435 e. The molecule has 0 atom stereocenters. The van der Waals surface area contributed by atoms with E-state index in [4.69, 9.17) is 0 Å². The third kappa shape index (κ3) is 4.02. The van der Waals surface area contributed by atoms with E-state index < -0.39 is 6.61 Å². The van der Waals surface area contributed by atoms with Gasteiger partial charge in [0.25, 0.3) is 0 Å². The van der Waals surface area contributed by atoms with Crippen molar-refractivity contribution in [1.82, 2.24) is 0 Å². The van der Waals surface area contributed by atoms with Crippen molar-refractivity contribution >= 4 is 0 Å². The number of aryl methyl sites for hydroxylation is 1. The van der Waals surface area contributed by atoms with Crippen LogP contribution < -0.4 is 4.74 Å². The standard InChI is InChI=1S/C21H17F3O/c1-2-14-3-5-15(6-4-14)17-9-12-19(20(22)13-17)16-7-10-18(11-8-16)25-21(23)24/h3-13,21H,2H2,1H3. The Labute approximate surface area is 144 Å². The van der Waals surface area contributed by atoms with Gasteiger partial charge in [-0.05, 0) is 46.9 Å². The van der Waals surface area contributed by atoms with E-state index in [0.717, 1.165) is 17.5 Å². The number of ether oxygens (including phenoxy) is 1. The molecule has 0 saturated heterocycles. The normalized spacial score (nSPS) is 10.9. The third-order valence-corrected chi connectivity index (χ3v) is 4.06. The Balaban J connectivity index is 1.86. The molecule has 128 valence electrons. The van der Waals surface area contributed by atoms with E-state index in [1.165, 1.54) is 23.8 Å². The summed E-state index contributed by atoms with van der Waals surface area (Å²) < 4.78 is 43.2. The molecule has 0 amide bonds. The van der Waals surface area contributed by atoms with Gasteiger partial charge in [-0.2, -0.15) is 8.78 Å². The molecular weight excluding hydrogens is 325 g/mol. The molecular formula is C21H17F3O. The minimum Gasteiger partial charge on any atom is -0.435 e. The average Bonchev–Trinajstić information content (AvgIpc) is 2.62. The second-order valence-corrected chi connectivity index (χ2v) is 5.65. The molecule has 0 heterocycles. The fraction of sp³-hybridized carbons (Fsp3) is 0.143. The average molecular weight is 342 g/mol. The maximum atomic E-state index is 14.5. The summed E-state index contributed by atoms with van der Waals surface area (Å²) in [6.07, 6.45) is 0.957. The van der Waals surface area contributed by atoms with E-state index in [2.05, 4.69) is 11.7 Å². The van der Waals surface area contributed by atoms with Gasteiger partial charge in [0, 0.05) is 5.56 Å². The molecule has 0 aromatic heterocycles. The molecule has 0 unspecified atom stereocenters. The minimum absolute atomic E-state index is 0.0480. The Morgan fingerprint density at radius 1 is 0.800 bits per heavy atom. The fourth-order valence-electron chi connectivity index (χ4n) is 2.68. The molecule has 1 nitrogen and oxygen atoms in total. The lowest BCUT2D eigenvalue weighted by atomic mass is 9.98. The van der Waals surface area contributed by atoms with E-state index in [1.807, 2.05) is 30.3 Å². The van der Waals surface area contributed by atoms with Gasteiger partial charge in [0.05, 0.1) is 0 Å². The van der Waals surface area contributed by atoms with Crippen molar-refractivity contribution in [2.75, 3.05) is 0 Å². The van der Waals surface area contributed by atoms with Gasteiger partial charge in [0.15, 0.2) is 0 Å². The highest BCUT2D eigenvalue weighted by molar-refractivity contribution is 5.71. The summed E-state index contributed by atoms with van der Waals surface area (Å²) in [5.74, 6) is -0.314. The van der Waals surface area contributed by atoms with Crippen LogP contribution in [-0.4, -0.2) is 6.61 Å². The van der Waals surface area contributed by atoms with E-state index in [9.17, 15) is 13.2 Å². The summed E-state index contributed by atoms with van der Waals surface area (Å²) in [4.78, 5) is 0. The Bertz CT molecular complexity index is 840. The van der Waals surface area contributed by atoms with Crippen LogP contribution in [0.15, 0.2) is 66.7 Å². The van der Waals surface area contributed by atoms with Crippen LogP contribution >= 0.6 is 0 Å². The summed E-state index contributed by atoms with van der Waals surface area (Å²) in [5, 5.41) is 0. The summed E-state index contributed by atoms with van der Waals surface area (Å²) >= 11 is 0. The zero-order valence-electron chi connectivity index (χ0n) is 13.7. The van der Waals surface area contributed by atoms with Crippen molar-refractivity contribution < 1.29 is 17.9 Å². The Kier molecular flexibility index (Phi) is 5.08. The van der Waals surface area contributed by atoms with Crippen molar-refractivity contribution in [3.8, 4) is 28.0 Å². The van der Waals surface area contributed by atoms with Crippen molar-refractivity contribution in [2.24, 2.45) is 0 Å². The first-order valence-electron chi connectivity index (χ1n) is 8.01. The van der Waals surface area contributed by atoms with Crippen molar-refractivity contribution in [2.45, 2.75) is 20.0 Å². The van der Waals surface area contributed by atoms with Crippen LogP contribution in [0.2, 0.25) is 0 Å². The predicted molar refractivity (Wildman–Crippen MR) is 93.3 cm³/mol. The maximum absolute atomic E-state index is 14.5. The molecule has 0 fully saturated rings. The lowest BCUT2D eigenvalue weighted by molar-refractivity contribution is -0.0498. The van der Waals surface area contributed by atoms with Crippen molar-refractivity contribution in [3.63, 3.8) is 0 Å². The Hall–Kier alpha value is -2.75. The van der Waals surface area contributed by atoms with E-state index in [1.54, 1.807) is 18.2 Å². The predicted octanol–water partition coefficient (Wildman–Crippen LogP) is 6.32. The van der Waals surface area contributed by atoms with Crippen LogP contribution in [0.5, 0.6) is 5.75 Å². The Morgan fingerprint density at radius 2 is 1.40 bits per heavy atom. The molecule has 25 heavy (non-hydrogen) atoms. The minimum atomic E-state index is -2.87. The first-order chi connectivity index (χ1) is 12.1. The second kappa shape index (κ2) is 7.43. The summed E-state index contributed by atoms with van der Waals surface area (Å²) in [6, 6.07) is 19.0. The van der Waals surface area contributed by atoms with Gasteiger partial charge < -0.3 is 4.74 Å². The molecule has 0 radical (unpaired) electrons. The number of halogens is 3. The molecule has 0 aliphatic heterocycles. The van der Waals surface area contributed by atoms with Gasteiger partial charge in [0.2, 0.25) is 0 Å². The van der Waals surface area contributed by atoms with Crippen LogP contribution in [0.4, 0.5) is 13.2 Å². The van der Waals surface area contributed by atoms with Gasteiger partial charge >= 0.3 is 6.61 Å². The molecule has 0 aliphatic carbocycles. The van der Waals surface area contributed by atoms with E-state index in [0.29, 0.717) is 11.1 Å². The van der Waals surface area contributed by atoms with Gasteiger partial charge in [-0.15, -0.1) is 0 Å². The number of benzene rings is 3. The molecule has 0 N–H and O–H groups in total. The number of hydrogen-bond acceptors (Lipinski definition) is 1. The molecule has 3 rings (SSSR count). The van der Waals surface area contributed by atoms with Gasteiger partial charge in [0.1, 0.15) is 11.6 Å². The highest BCUT2D eigenvalue weighted by Crippen LogP contribution is 2.29. The molecule has 3 aromatic carbocycles. The molecule has 3 aromatic rings. The SMILES string of the molecule is CCc1ccc(-c2ccc(-c3ccc(OC(F)F)cc3)c(F)c2)cc1. The number of alkyl halides is 2. The van der Waals surface area contributed by atoms with Gasteiger partial charge in [-0.1, -0.05) is 55.5 Å².